The minimum absolute atomic E-state index is 0.0278. The van der Waals surface area contributed by atoms with Crippen LogP contribution in [0.15, 0.2) is 42.5 Å². The fourth-order valence-corrected chi connectivity index (χ4v) is 4.37. The van der Waals surface area contributed by atoms with Crippen molar-refractivity contribution >= 4 is 29.4 Å². The van der Waals surface area contributed by atoms with Crippen molar-refractivity contribution in [2.45, 2.75) is 45.6 Å². The second-order valence-electron chi connectivity index (χ2n) is 8.67. The predicted molar refractivity (Wildman–Crippen MR) is 125 cm³/mol. The van der Waals surface area contributed by atoms with Gasteiger partial charge < -0.3 is 20.7 Å². The number of unbranched alkanes of at least 4 members (excludes halogenated alkanes) is 1. The molecule has 2 atom stereocenters. The van der Waals surface area contributed by atoms with Gasteiger partial charge in [0.15, 0.2) is 5.78 Å². The molecular weight excluding hydrogens is 422 g/mol. The van der Waals surface area contributed by atoms with Crippen molar-refractivity contribution in [3.05, 3.63) is 59.2 Å². The van der Waals surface area contributed by atoms with Gasteiger partial charge in [0.2, 0.25) is 0 Å². The van der Waals surface area contributed by atoms with Crippen LogP contribution in [0.25, 0.3) is 11.6 Å². The Bertz CT molecular complexity index is 1120. The van der Waals surface area contributed by atoms with Crippen LogP contribution in [0.1, 0.15) is 56.7 Å². The first kappa shape index (κ1) is 24.2. The number of ketones is 1. The number of carbonyl (C=O) groups is 3. The summed E-state index contributed by atoms with van der Waals surface area (Å²) < 4.78 is 6.05. The molecule has 0 saturated heterocycles. The number of carboxylic acids is 2. The van der Waals surface area contributed by atoms with E-state index in [1.807, 2.05) is 6.92 Å². The standard InChI is InChI=1S/C26H29NO6/c1-4-5-10-22(28)26(27,23(15(2)3)25(31)32)17-11-12-18-19(24(29)30)13-16-8-6-7-9-20(16)33-21(18)14-17/h6-9,11-15,23H,4-5,10,27H2,1-3H3,(H,29,30)(H,31,32). The molecule has 0 spiro atoms. The molecule has 174 valence electrons. The van der Waals surface area contributed by atoms with E-state index in [1.54, 1.807) is 38.1 Å². The van der Waals surface area contributed by atoms with Crippen LogP contribution in [0.5, 0.6) is 11.5 Å². The molecule has 4 N–H and O–H groups in total. The summed E-state index contributed by atoms with van der Waals surface area (Å²) in [6, 6.07) is 11.6. The highest BCUT2D eigenvalue weighted by Crippen LogP contribution is 2.42. The Balaban J connectivity index is 2.22. The molecule has 7 heteroatoms. The summed E-state index contributed by atoms with van der Waals surface area (Å²) in [4.78, 5) is 37.6. The zero-order chi connectivity index (χ0) is 24.3. The Labute approximate surface area is 192 Å². The van der Waals surface area contributed by atoms with Crippen molar-refractivity contribution in [3.8, 4) is 11.5 Å². The topological polar surface area (TPSA) is 127 Å². The van der Waals surface area contributed by atoms with E-state index in [-0.39, 0.29) is 29.1 Å². The summed E-state index contributed by atoms with van der Waals surface area (Å²) in [5, 5.41) is 19.8. The lowest BCUT2D eigenvalue weighted by atomic mass is 9.69. The molecule has 1 aliphatic heterocycles. The normalized spacial score (nSPS) is 15.2. The molecule has 2 unspecified atom stereocenters. The first-order chi connectivity index (χ1) is 15.6. The molecule has 0 aliphatic carbocycles. The van der Waals surface area contributed by atoms with E-state index in [4.69, 9.17) is 10.5 Å². The van der Waals surface area contributed by atoms with Gasteiger partial charge in [0, 0.05) is 17.5 Å². The number of hydrogen-bond acceptors (Lipinski definition) is 5. The molecule has 0 amide bonds. The van der Waals surface area contributed by atoms with Crippen LogP contribution in [-0.4, -0.2) is 27.9 Å². The van der Waals surface area contributed by atoms with E-state index >= 15 is 0 Å². The third kappa shape index (κ3) is 4.54. The molecule has 0 aromatic heterocycles. The Kier molecular flexibility index (Phi) is 7.03. The number of hydrogen-bond donors (Lipinski definition) is 3. The molecule has 1 heterocycles. The van der Waals surface area contributed by atoms with Crippen molar-refractivity contribution in [3.63, 3.8) is 0 Å². The van der Waals surface area contributed by atoms with Gasteiger partial charge in [-0.2, -0.15) is 0 Å². The van der Waals surface area contributed by atoms with Crippen LogP contribution in [0.4, 0.5) is 0 Å². The second kappa shape index (κ2) is 9.58. The maximum atomic E-state index is 13.3. The van der Waals surface area contributed by atoms with E-state index in [2.05, 4.69) is 0 Å². The third-order valence-electron chi connectivity index (χ3n) is 6.06. The zero-order valence-electron chi connectivity index (χ0n) is 19.0. The van der Waals surface area contributed by atoms with Crippen molar-refractivity contribution in [2.75, 3.05) is 0 Å². The lowest BCUT2D eigenvalue weighted by molar-refractivity contribution is -0.150. The third-order valence-corrected chi connectivity index (χ3v) is 6.06. The zero-order valence-corrected chi connectivity index (χ0v) is 19.0. The summed E-state index contributed by atoms with van der Waals surface area (Å²) in [6.07, 6.45) is 3.02. The van der Waals surface area contributed by atoms with Crippen molar-refractivity contribution in [2.24, 2.45) is 17.6 Å². The van der Waals surface area contributed by atoms with E-state index in [0.717, 1.165) is 6.42 Å². The second-order valence-corrected chi connectivity index (χ2v) is 8.67. The first-order valence-corrected chi connectivity index (χ1v) is 11.0. The fraction of sp³-hybridized carbons (Fsp3) is 0.346. The highest BCUT2D eigenvalue weighted by Gasteiger charge is 2.48. The molecular formula is C26H29NO6. The van der Waals surface area contributed by atoms with Crippen LogP contribution in [0.2, 0.25) is 0 Å². The van der Waals surface area contributed by atoms with Gasteiger partial charge in [-0.3, -0.25) is 9.59 Å². The quantitative estimate of drug-likeness (QED) is 0.505. The average molecular weight is 452 g/mol. The van der Waals surface area contributed by atoms with E-state index in [0.29, 0.717) is 23.3 Å². The molecule has 0 bridgehead atoms. The Morgan fingerprint density at radius 2 is 1.76 bits per heavy atom. The van der Waals surface area contributed by atoms with E-state index in [1.165, 1.54) is 24.3 Å². The fourth-order valence-electron chi connectivity index (χ4n) is 4.37. The molecule has 2 aromatic carbocycles. The number of aliphatic carboxylic acids is 2. The Morgan fingerprint density at radius 1 is 1.06 bits per heavy atom. The highest BCUT2D eigenvalue weighted by atomic mass is 16.5. The van der Waals surface area contributed by atoms with Crippen molar-refractivity contribution < 1.29 is 29.3 Å². The summed E-state index contributed by atoms with van der Waals surface area (Å²) >= 11 is 0. The lowest BCUT2D eigenvalue weighted by Crippen LogP contribution is -2.55. The molecule has 0 fully saturated rings. The molecule has 3 rings (SSSR count). The van der Waals surface area contributed by atoms with Gasteiger partial charge in [-0.05, 0) is 36.1 Å². The summed E-state index contributed by atoms with van der Waals surface area (Å²) in [5.41, 5.74) is 6.12. The minimum atomic E-state index is -1.80. The SMILES string of the molecule is CCCCC(=O)C(N)(c1ccc2c(c1)Oc1ccccc1C=C2C(=O)O)C(C(=O)O)C(C)C. The Morgan fingerprint density at radius 3 is 2.36 bits per heavy atom. The number of fused-ring (bicyclic) bond motifs is 2. The van der Waals surface area contributed by atoms with Gasteiger partial charge in [-0.1, -0.05) is 57.5 Å². The average Bonchev–Trinajstić information content (AvgIpc) is 2.92. The number of para-hydroxylation sites is 1. The number of carbonyl (C=O) groups excluding carboxylic acids is 1. The summed E-state index contributed by atoms with van der Waals surface area (Å²) in [5.74, 6) is -3.60. The number of rotatable bonds is 9. The maximum absolute atomic E-state index is 13.3. The van der Waals surface area contributed by atoms with Crippen LogP contribution in [0, 0.1) is 11.8 Å². The molecule has 33 heavy (non-hydrogen) atoms. The predicted octanol–water partition coefficient (Wildman–Crippen LogP) is 4.69. The number of ether oxygens (including phenoxy) is 1. The van der Waals surface area contributed by atoms with Crippen LogP contribution < -0.4 is 10.5 Å². The lowest BCUT2D eigenvalue weighted by Gasteiger charge is -2.37. The van der Waals surface area contributed by atoms with Crippen molar-refractivity contribution in [1.29, 1.82) is 0 Å². The minimum Gasteiger partial charge on any atom is -0.481 e. The van der Waals surface area contributed by atoms with Gasteiger partial charge >= 0.3 is 11.9 Å². The molecule has 0 radical (unpaired) electrons. The monoisotopic (exact) mass is 451 g/mol. The van der Waals surface area contributed by atoms with Crippen molar-refractivity contribution in [1.82, 2.24) is 0 Å². The van der Waals surface area contributed by atoms with Gasteiger partial charge in [0.25, 0.3) is 0 Å². The highest BCUT2D eigenvalue weighted by molar-refractivity contribution is 6.22. The number of benzene rings is 2. The Hall–Kier alpha value is -3.45. The number of Topliss-reactive ketones (excluding diaryl/α,β-unsaturated/α-hetero) is 1. The summed E-state index contributed by atoms with van der Waals surface area (Å²) in [6.45, 7) is 5.37. The van der Waals surface area contributed by atoms with Crippen LogP contribution in [-0.2, 0) is 19.9 Å². The van der Waals surface area contributed by atoms with Crippen LogP contribution in [0.3, 0.4) is 0 Å². The van der Waals surface area contributed by atoms with E-state index < -0.39 is 29.3 Å². The molecule has 7 nitrogen and oxygen atoms in total. The van der Waals surface area contributed by atoms with Gasteiger partial charge in [-0.25, -0.2) is 4.79 Å². The maximum Gasteiger partial charge on any atom is 0.336 e. The smallest absolute Gasteiger partial charge is 0.336 e. The number of carboxylic acid groups (broad SMARTS) is 2. The first-order valence-electron chi connectivity index (χ1n) is 11.0. The molecule has 2 aromatic rings. The summed E-state index contributed by atoms with van der Waals surface area (Å²) in [7, 11) is 0. The van der Waals surface area contributed by atoms with Gasteiger partial charge in [0.1, 0.15) is 17.0 Å². The van der Waals surface area contributed by atoms with E-state index in [9.17, 15) is 24.6 Å². The van der Waals surface area contributed by atoms with Gasteiger partial charge in [0.05, 0.1) is 11.5 Å². The molecule has 0 saturated carbocycles. The number of nitrogens with two attached hydrogens (primary N) is 1. The van der Waals surface area contributed by atoms with Gasteiger partial charge in [-0.15, -0.1) is 0 Å². The molecule has 1 aliphatic rings. The largest absolute Gasteiger partial charge is 0.481 e. The van der Waals surface area contributed by atoms with Crippen LogP contribution >= 0.6 is 0 Å².